The highest BCUT2D eigenvalue weighted by atomic mass is 32.1. The Labute approximate surface area is 91.9 Å². The summed E-state index contributed by atoms with van der Waals surface area (Å²) in [7, 11) is 0. The summed E-state index contributed by atoms with van der Waals surface area (Å²) >= 11 is 1.56. The first-order chi connectivity index (χ1) is 7.16. The van der Waals surface area contributed by atoms with Gasteiger partial charge in [0.1, 0.15) is 10.4 Å². The van der Waals surface area contributed by atoms with Crippen LogP contribution in [-0.4, -0.2) is 10.9 Å². The lowest BCUT2D eigenvalue weighted by molar-refractivity contribution is -0.124. The maximum atomic E-state index is 11.6. The van der Waals surface area contributed by atoms with Gasteiger partial charge in [0, 0.05) is 11.1 Å². The van der Waals surface area contributed by atoms with Gasteiger partial charge in [-0.3, -0.25) is 4.79 Å². The number of carbonyl (C=O) groups is 1. The van der Waals surface area contributed by atoms with Gasteiger partial charge in [-0.1, -0.05) is 0 Å². The Morgan fingerprint density at radius 3 is 3.00 bits per heavy atom. The van der Waals surface area contributed by atoms with Crippen LogP contribution in [0.3, 0.4) is 0 Å². The number of hydrogen-bond acceptors (Lipinski definition) is 4. The fourth-order valence-corrected chi connectivity index (χ4v) is 2.05. The summed E-state index contributed by atoms with van der Waals surface area (Å²) in [6.45, 7) is 2.40. The molecule has 0 saturated heterocycles. The lowest BCUT2D eigenvalue weighted by atomic mass is 10.1. The van der Waals surface area contributed by atoms with Crippen LogP contribution < -0.4 is 5.32 Å². The summed E-state index contributed by atoms with van der Waals surface area (Å²) in [4.78, 5) is 16.8. The van der Waals surface area contributed by atoms with E-state index in [4.69, 9.17) is 5.26 Å². The molecule has 1 aliphatic carbocycles. The van der Waals surface area contributed by atoms with Crippen molar-refractivity contribution in [2.24, 2.45) is 5.41 Å². The summed E-state index contributed by atoms with van der Waals surface area (Å²) in [6, 6.07) is 2.06. The highest BCUT2D eigenvalue weighted by molar-refractivity contribution is 7.11. The van der Waals surface area contributed by atoms with Crippen LogP contribution in [0.1, 0.15) is 22.7 Å². The third-order valence-electron chi connectivity index (χ3n) is 2.47. The molecular weight excluding hydrogens is 210 g/mol. The summed E-state index contributed by atoms with van der Waals surface area (Å²) in [6.07, 6.45) is 3.15. The molecule has 1 N–H and O–H groups in total. The van der Waals surface area contributed by atoms with E-state index in [-0.39, 0.29) is 5.91 Å². The second kappa shape index (κ2) is 3.63. The molecule has 0 spiro atoms. The summed E-state index contributed by atoms with van der Waals surface area (Å²) < 4.78 is 0. The molecular formula is C10H11N3OS. The van der Waals surface area contributed by atoms with Crippen LogP contribution in [0.2, 0.25) is 0 Å². The van der Waals surface area contributed by atoms with Gasteiger partial charge < -0.3 is 5.32 Å². The molecule has 2 rings (SSSR count). The second-order valence-electron chi connectivity index (χ2n) is 3.74. The largest absolute Gasteiger partial charge is 0.348 e. The van der Waals surface area contributed by atoms with E-state index in [1.165, 1.54) is 0 Å². The lowest BCUT2D eigenvalue weighted by Crippen LogP contribution is -2.30. The zero-order valence-electron chi connectivity index (χ0n) is 8.41. The number of nitrogens with zero attached hydrogens (tertiary/aromatic N) is 2. The van der Waals surface area contributed by atoms with Crippen LogP contribution in [-0.2, 0) is 11.3 Å². The molecule has 0 unspecified atom stereocenters. The van der Waals surface area contributed by atoms with Gasteiger partial charge in [0.2, 0.25) is 5.91 Å². The molecule has 0 atom stereocenters. The van der Waals surface area contributed by atoms with Crippen molar-refractivity contribution in [3.8, 4) is 6.07 Å². The van der Waals surface area contributed by atoms with Crippen molar-refractivity contribution in [3.05, 3.63) is 16.1 Å². The Morgan fingerprint density at radius 2 is 2.53 bits per heavy atom. The van der Waals surface area contributed by atoms with Gasteiger partial charge in [0.25, 0.3) is 0 Å². The number of amides is 1. The fraction of sp³-hybridized carbons (Fsp3) is 0.500. The van der Waals surface area contributed by atoms with Crippen molar-refractivity contribution in [2.75, 3.05) is 0 Å². The van der Waals surface area contributed by atoms with E-state index < -0.39 is 5.41 Å². The summed E-state index contributed by atoms with van der Waals surface area (Å²) in [5.41, 5.74) is -0.730. The van der Waals surface area contributed by atoms with Gasteiger partial charge in [-0.2, -0.15) is 5.26 Å². The Kier molecular flexibility index (Phi) is 2.45. The summed E-state index contributed by atoms with van der Waals surface area (Å²) in [5, 5.41) is 12.4. The molecule has 78 valence electrons. The van der Waals surface area contributed by atoms with E-state index in [9.17, 15) is 4.79 Å². The molecule has 1 aliphatic rings. The first-order valence-electron chi connectivity index (χ1n) is 4.77. The summed E-state index contributed by atoms with van der Waals surface area (Å²) in [5.74, 6) is -0.155. The highest BCUT2D eigenvalue weighted by Crippen LogP contribution is 2.44. The molecule has 1 amide bonds. The Hall–Kier alpha value is -1.41. The number of carbonyl (C=O) groups excluding carboxylic acids is 1. The maximum Gasteiger partial charge on any atom is 0.240 e. The molecule has 0 aliphatic heterocycles. The quantitative estimate of drug-likeness (QED) is 0.838. The topological polar surface area (TPSA) is 65.8 Å². The smallest absolute Gasteiger partial charge is 0.240 e. The number of aryl methyl sites for hydroxylation is 1. The Balaban J connectivity index is 1.89. The second-order valence-corrected chi connectivity index (χ2v) is 5.06. The highest BCUT2D eigenvalue weighted by Gasteiger charge is 2.50. The van der Waals surface area contributed by atoms with Crippen LogP contribution >= 0.6 is 11.3 Å². The minimum absolute atomic E-state index is 0.155. The zero-order chi connectivity index (χ0) is 10.9. The normalized spacial score (nSPS) is 16.8. The third-order valence-corrected chi connectivity index (χ3v) is 3.38. The van der Waals surface area contributed by atoms with Crippen LogP contribution in [0.4, 0.5) is 0 Å². The van der Waals surface area contributed by atoms with Crippen LogP contribution in [0, 0.1) is 23.7 Å². The van der Waals surface area contributed by atoms with Crippen LogP contribution in [0.15, 0.2) is 6.20 Å². The van der Waals surface area contributed by atoms with Gasteiger partial charge in [0.15, 0.2) is 0 Å². The monoisotopic (exact) mass is 221 g/mol. The predicted octanol–water partition coefficient (Wildman–Crippen LogP) is 1.37. The molecule has 4 nitrogen and oxygen atoms in total. The average Bonchev–Trinajstić information content (AvgIpc) is 2.93. The van der Waals surface area contributed by atoms with E-state index in [1.807, 2.05) is 6.92 Å². The molecule has 0 radical (unpaired) electrons. The van der Waals surface area contributed by atoms with Gasteiger partial charge in [-0.05, 0) is 19.8 Å². The SMILES string of the molecule is Cc1cnc(CNC(=O)C2(C#N)CC2)s1. The lowest BCUT2D eigenvalue weighted by Gasteiger charge is -2.05. The maximum absolute atomic E-state index is 11.6. The molecule has 1 fully saturated rings. The molecule has 0 bridgehead atoms. The van der Waals surface area contributed by atoms with Crippen molar-refractivity contribution in [1.29, 1.82) is 5.26 Å². The molecule has 1 aromatic rings. The van der Waals surface area contributed by atoms with E-state index >= 15 is 0 Å². The minimum Gasteiger partial charge on any atom is -0.348 e. The third kappa shape index (κ3) is 2.00. The Bertz CT molecular complexity index is 428. The molecule has 1 saturated carbocycles. The van der Waals surface area contributed by atoms with Crippen molar-refractivity contribution in [1.82, 2.24) is 10.3 Å². The molecule has 5 heteroatoms. The van der Waals surface area contributed by atoms with E-state index in [0.717, 1.165) is 9.88 Å². The first kappa shape index (κ1) is 10.1. The van der Waals surface area contributed by atoms with E-state index in [0.29, 0.717) is 19.4 Å². The van der Waals surface area contributed by atoms with Crippen molar-refractivity contribution < 1.29 is 4.79 Å². The average molecular weight is 221 g/mol. The van der Waals surface area contributed by atoms with Gasteiger partial charge in [-0.25, -0.2) is 4.98 Å². The number of hydrogen-bond donors (Lipinski definition) is 1. The number of aromatic nitrogens is 1. The predicted molar refractivity (Wildman–Crippen MR) is 56.0 cm³/mol. The first-order valence-corrected chi connectivity index (χ1v) is 5.59. The zero-order valence-corrected chi connectivity index (χ0v) is 9.23. The Morgan fingerprint density at radius 1 is 1.80 bits per heavy atom. The van der Waals surface area contributed by atoms with Crippen molar-refractivity contribution in [2.45, 2.75) is 26.3 Å². The number of nitrogens with one attached hydrogen (secondary N) is 1. The molecule has 0 aromatic carbocycles. The van der Waals surface area contributed by atoms with Crippen LogP contribution in [0.5, 0.6) is 0 Å². The van der Waals surface area contributed by atoms with Gasteiger partial charge in [0.05, 0.1) is 12.6 Å². The van der Waals surface area contributed by atoms with Gasteiger partial charge >= 0.3 is 0 Å². The number of rotatable bonds is 3. The standard InChI is InChI=1S/C10H11N3OS/c1-7-4-12-8(15-7)5-13-9(14)10(6-11)2-3-10/h4H,2-3,5H2,1H3,(H,13,14). The van der Waals surface area contributed by atoms with Gasteiger partial charge in [-0.15, -0.1) is 11.3 Å². The number of nitriles is 1. The number of thiazole rings is 1. The molecule has 1 aromatic heterocycles. The van der Waals surface area contributed by atoms with E-state index in [1.54, 1.807) is 17.5 Å². The van der Waals surface area contributed by atoms with Crippen molar-refractivity contribution >= 4 is 17.2 Å². The minimum atomic E-state index is -0.730. The molecule has 1 heterocycles. The van der Waals surface area contributed by atoms with Crippen LogP contribution in [0.25, 0.3) is 0 Å². The van der Waals surface area contributed by atoms with E-state index in [2.05, 4.69) is 16.4 Å². The van der Waals surface area contributed by atoms with Crippen molar-refractivity contribution in [3.63, 3.8) is 0 Å². The fourth-order valence-electron chi connectivity index (χ4n) is 1.32. The molecule has 15 heavy (non-hydrogen) atoms.